The molecular formula is C16H25N3O2. The minimum Gasteiger partial charge on any atom is -0.396 e. The van der Waals surface area contributed by atoms with E-state index < -0.39 is 0 Å². The lowest BCUT2D eigenvalue weighted by molar-refractivity contribution is 0.0168. The first kappa shape index (κ1) is 13.7. The van der Waals surface area contributed by atoms with Crippen LogP contribution in [0.1, 0.15) is 62.6 Å². The van der Waals surface area contributed by atoms with Gasteiger partial charge in [-0.3, -0.25) is 4.90 Å². The normalized spacial score (nSPS) is 30.7. The molecule has 1 saturated heterocycles. The van der Waals surface area contributed by atoms with Crippen molar-refractivity contribution < 1.29 is 9.63 Å². The number of aliphatic hydroxyl groups excluding tert-OH is 1. The van der Waals surface area contributed by atoms with E-state index in [4.69, 9.17) is 4.52 Å². The van der Waals surface area contributed by atoms with Crippen molar-refractivity contribution >= 4 is 0 Å². The Morgan fingerprint density at radius 3 is 2.86 bits per heavy atom. The van der Waals surface area contributed by atoms with Gasteiger partial charge in [0.2, 0.25) is 5.89 Å². The zero-order valence-electron chi connectivity index (χ0n) is 12.6. The summed E-state index contributed by atoms with van der Waals surface area (Å²) in [6.45, 7) is 3.15. The molecule has 0 unspecified atom stereocenters. The third kappa shape index (κ3) is 3.14. The predicted octanol–water partition coefficient (Wildman–Crippen LogP) is 2.32. The van der Waals surface area contributed by atoms with Crippen LogP contribution in [0.15, 0.2) is 4.52 Å². The fraction of sp³-hybridized carbons (Fsp3) is 0.875. The van der Waals surface area contributed by atoms with Crippen molar-refractivity contribution in [3.05, 3.63) is 11.7 Å². The Morgan fingerprint density at radius 2 is 2.14 bits per heavy atom. The van der Waals surface area contributed by atoms with E-state index in [1.54, 1.807) is 0 Å². The minimum atomic E-state index is 0.114. The van der Waals surface area contributed by atoms with Gasteiger partial charge >= 0.3 is 0 Å². The summed E-state index contributed by atoms with van der Waals surface area (Å²) in [5, 5.41) is 14.0. The van der Waals surface area contributed by atoms with Gasteiger partial charge in [0.1, 0.15) is 0 Å². The standard InChI is InChI=1S/C16H25N3O2/c20-11-16(8-12-2-3-12)6-1-7-19(10-16)9-14-17-15(21-18-14)13-4-5-13/h12-13,20H,1-11H2/t16-/m0/s1. The van der Waals surface area contributed by atoms with E-state index in [9.17, 15) is 5.11 Å². The second-order valence-electron chi connectivity index (χ2n) is 7.44. The molecule has 0 spiro atoms. The van der Waals surface area contributed by atoms with E-state index in [2.05, 4.69) is 15.0 Å². The Bertz CT molecular complexity index is 495. The first-order valence-electron chi connectivity index (χ1n) is 8.42. The number of aromatic nitrogens is 2. The Morgan fingerprint density at radius 1 is 1.29 bits per heavy atom. The molecule has 0 radical (unpaired) electrons. The number of hydrogen-bond donors (Lipinski definition) is 1. The molecule has 4 rings (SSSR count). The Labute approximate surface area is 125 Å². The molecule has 0 bridgehead atoms. The van der Waals surface area contributed by atoms with Crippen LogP contribution < -0.4 is 0 Å². The lowest BCUT2D eigenvalue weighted by Crippen LogP contribution is -2.45. The van der Waals surface area contributed by atoms with Crippen LogP contribution in [0.5, 0.6) is 0 Å². The zero-order valence-corrected chi connectivity index (χ0v) is 12.6. The van der Waals surface area contributed by atoms with Gasteiger partial charge in [-0.2, -0.15) is 4.98 Å². The molecule has 1 aromatic heterocycles. The Kier molecular flexibility index (Phi) is 3.50. The van der Waals surface area contributed by atoms with Crippen LogP contribution in [0.4, 0.5) is 0 Å². The Hall–Kier alpha value is -0.940. The fourth-order valence-electron chi connectivity index (χ4n) is 3.77. The highest BCUT2D eigenvalue weighted by molar-refractivity contribution is 5.02. The molecule has 0 aromatic carbocycles. The van der Waals surface area contributed by atoms with Crippen molar-refractivity contribution in [3.8, 4) is 0 Å². The predicted molar refractivity (Wildman–Crippen MR) is 77.6 cm³/mol. The van der Waals surface area contributed by atoms with Crippen LogP contribution in [0.25, 0.3) is 0 Å². The summed E-state index contributed by atoms with van der Waals surface area (Å²) in [6.07, 6.45) is 8.63. The second-order valence-corrected chi connectivity index (χ2v) is 7.44. The molecular weight excluding hydrogens is 266 g/mol. The SMILES string of the molecule is OC[C@]1(CC2CC2)CCCN(Cc2noc(C3CC3)n2)C1. The fourth-order valence-corrected chi connectivity index (χ4v) is 3.77. The third-order valence-corrected chi connectivity index (χ3v) is 5.27. The van der Waals surface area contributed by atoms with Crippen LogP contribution in [-0.2, 0) is 6.54 Å². The molecule has 0 amide bonds. The van der Waals surface area contributed by atoms with Gasteiger partial charge in [-0.05, 0) is 44.6 Å². The van der Waals surface area contributed by atoms with Crippen molar-refractivity contribution in [1.29, 1.82) is 0 Å². The quantitative estimate of drug-likeness (QED) is 0.871. The number of rotatable bonds is 6. The summed E-state index contributed by atoms with van der Waals surface area (Å²) in [4.78, 5) is 6.94. The molecule has 5 heteroatoms. The van der Waals surface area contributed by atoms with Crippen LogP contribution in [0.3, 0.4) is 0 Å². The molecule has 2 aliphatic carbocycles. The van der Waals surface area contributed by atoms with Gasteiger partial charge in [-0.25, -0.2) is 0 Å². The van der Waals surface area contributed by atoms with E-state index in [1.165, 1.54) is 38.5 Å². The van der Waals surface area contributed by atoms with Gasteiger partial charge in [-0.1, -0.05) is 18.0 Å². The number of aliphatic hydroxyl groups is 1. The van der Waals surface area contributed by atoms with E-state index in [1.807, 2.05) is 0 Å². The maximum absolute atomic E-state index is 9.91. The van der Waals surface area contributed by atoms with E-state index in [-0.39, 0.29) is 5.41 Å². The number of hydrogen-bond acceptors (Lipinski definition) is 5. The molecule has 1 aromatic rings. The summed E-state index contributed by atoms with van der Waals surface area (Å²) >= 11 is 0. The monoisotopic (exact) mass is 291 g/mol. The number of nitrogens with zero attached hydrogens (tertiary/aromatic N) is 3. The maximum atomic E-state index is 9.91. The van der Waals surface area contributed by atoms with Crippen LogP contribution in [-0.4, -0.2) is 39.8 Å². The highest BCUT2D eigenvalue weighted by Gasteiger charge is 2.40. The number of likely N-dealkylation sites (tertiary alicyclic amines) is 1. The van der Waals surface area contributed by atoms with Gasteiger partial charge in [0.25, 0.3) is 0 Å². The highest BCUT2D eigenvalue weighted by atomic mass is 16.5. The largest absolute Gasteiger partial charge is 0.396 e. The molecule has 3 fully saturated rings. The summed E-state index contributed by atoms with van der Waals surface area (Å²) in [6, 6.07) is 0. The minimum absolute atomic E-state index is 0.114. The zero-order chi connectivity index (χ0) is 14.3. The van der Waals surface area contributed by atoms with Crippen LogP contribution in [0, 0.1) is 11.3 Å². The first-order valence-corrected chi connectivity index (χ1v) is 8.42. The van der Waals surface area contributed by atoms with Gasteiger partial charge < -0.3 is 9.63 Å². The van der Waals surface area contributed by atoms with Crippen LogP contribution in [0.2, 0.25) is 0 Å². The smallest absolute Gasteiger partial charge is 0.229 e. The summed E-state index contributed by atoms with van der Waals surface area (Å²) < 4.78 is 5.35. The van der Waals surface area contributed by atoms with Crippen molar-refractivity contribution in [2.75, 3.05) is 19.7 Å². The third-order valence-electron chi connectivity index (χ3n) is 5.27. The average Bonchev–Trinajstić information content (AvgIpc) is 3.41. The summed E-state index contributed by atoms with van der Waals surface area (Å²) in [5.74, 6) is 3.04. The lowest BCUT2D eigenvalue weighted by Gasteiger charge is -2.41. The number of piperidine rings is 1. The van der Waals surface area contributed by atoms with Crippen molar-refractivity contribution in [2.45, 2.75) is 57.4 Å². The molecule has 1 N–H and O–H groups in total. The molecule has 1 aliphatic heterocycles. The molecule has 2 saturated carbocycles. The summed E-state index contributed by atoms with van der Waals surface area (Å²) in [7, 11) is 0. The average molecular weight is 291 g/mol. The van der Waals surface area contributed by atoms with Gasteiger partial charge in [-0.15, -0.1) is 0 Å². The molecule has 2 heterocycles. The van der Waals surface area contributed by atoms with Crippen molar-refractivity contribution in [2.24, 2.45) is 11.3 Å². The summed E-state index contributed by atoms with van der Waals surface area (Å²) in [5.41, 5.74) is 0.114. The molecule has 5 nitrogen and oxygen atoms in total. The molecule has 1 atom stereocenters. The van der Waals surface area contributed by atoms with Crippen molar-refractivity contribution in [1.82, 2.24) is 15.0 Å². The lowest BCUT2D eigenvalue weighted by atomic mass is 9.76. The molecule has 3 aliphatic rings. The van der Waals surface area contributed by atoms with Crippen LogP contribution >= 0.6 is 0 Å². The van der Waals surface area contributed by atoms with E-state index in [0.29, 0.717) is 12.5 Å². The highest BCUT2D eigenvalue weighted by Crippen LogP contribution is 2.44. The van der Waals surface area contributed by atoms with Crippen molar-refractivity contribution in [3.63, 3.8) is 0 Å². The maximum Gasteiger partial charge on any atom is 0.229 e. The van der Waals surface area contributed by atoms with E-state index >= 15 is 0 Å². The van der Waals surface area contributed by atoms with E-state index in [0.717, 1.165) is 43.7 Å². The van der Waals surface area contributed by atoms with Gasteiger partial charge in [0, 0.05) is 24.5 Å². The van der Waals surface area contributed by atoms with Gasteiger partial charge in [0.15, 0.2) is 5.82 Å². The molecule has 116 valence electrons. The first-order chi connectivity index (χ1) is 10.3. The topological polar surface area (TPSA) is 62.4 Å². The second kappa shape index (κ2) is 5.36. The molecule has 21 heavy (non-hydrogen) atoms. The Balaban J connectivity index is 1.39. The van der Waals surface area contributed by atoms with Gasteiger partial charge in [0.05, 0.1) is 6.54 Å².